The lowest BCUT2D eigenvalue weighted by Crippen LogP contribution is -2.62. The number of hydroxylamine groups is 1. The number of benzene rings is 1. The number of aliphatic hydroxyl groups excluding tert-OH is 1. The third kappa shape index (κ3) is 8.31. The van der Waals surface area contributed by atoms with Crippen molar-refractivity contribution in [2.75, 3.05) is 6.26 Å². The summed E-state index contributed by atoms with van der Waals surface area (Å²) in [6.45, 7) is -0.156. The van der Waals surface area contributed by atoms with Crippen molar-refractivity contribution < 1.29 is 28.0 Å². The highest BCUT2D eigenvalue weighted by Gasteiger charge is 2.47. The highest BCUT2D eigenvalue weighted by Crippen LogP contribution is 2.39. The number of rotatable bonds is 11. The summed E-state index contributed by atoms with van der Waals surface area (Å²) in [5.41, 5.74) is 4.65. The molecule has 4 atom stereocenters. The summed E-state index contributed by atoms with van der Waals surface area (Å²) >= 11 is 6.19. The van der Waals surface area contributed by atoms with Crippen molar-refractivity contribution in [1.82, 2.24) is 20.1 Å². The molecule has 2 amide bonds. The SMILES string of the molecule is C#C/C=C(Cl)\C=C/C[C@H]1[C@H](C(=O)NOCc2ccc(CO)cn2)c2ccccc2C(=O)N1[C@H]1CCCC[C@@H]1NS(C)(=O)=O. The van der Waals surface area contributed by atoms with Crippen molar-refractivity contribution in [1.29, 1.82) is 0 Å². The molecule has 2 aliphatic rings. The Labute approximate surface area is 257 Å². The maximum Gasteiger partial charge on any atom is 0.254 e. The van der Waals surface area contributed by atoms with Crippen molar-refractivity contribution in [3.63, 3.8) is 0 Å². The van der Waals surface area contributed by atoms with Gasteiger partial charge in [0.2, 0.25) is 10.0 Å². The normalized spacial score (nSPS) is 22.7. The van der Waals surface area contributed by atoms with Gasteiger partial charge in [0.1, 0.15) is 6.61 Å². The zero-order valence-corrected chi connectivity index (χ0v) is 25.4. The van der Waals surface area contributed by atoms with Gasteiger partial charge in [0, 0.05) is 35.0 Å². The van der Waals surface area contributed by atoms with Gasteiger partial charge in [-0.3, -0.25) is 19.4 Å². The minimum absolute atomic E-state index is 0.0193. The Bertz CT molecular complexity index is 1520. The summed E-state index contributed by atoms with van der Waals surface area (Å²) < 4.78 is 27.3. The van der Waals surface area contributed by atoms with Gasteiger partial charge >= 0.3 is 0 Å². The van der Waals surface area contributed by atoms with Crippen LogP contribution >= 0.6 is 11.6 Å². The molecule has 1 aromatic carbocycles. The highest BCUT2D eigenvalue weighted by molar-refractivity contribution is 7.88. The quantitative estimate of drug-likeness (QED) is 0.198. The van der Waals surface area contributed by atoms with Crippen molar-refractivity contribution >= 4 is 33.4 Å². The second-order valence-electron chi connectivity index (χ2n) is 10.6. The summed E-state index contributed by atoms with van der Waals surface area (Å²) in [5.74, 6) is 0.771. The zero-order chi connectivity index (χ0) is 31.0. The smallest absolute Gasteiger partial charge is 0.254 e. The molecule has 3 N–H and O–H groups in total. The van der Waals surface area contributed by atoms with E-state index in [4.69, 9.17) is 22.9 Å². The molecule has 228 valence electrons. The number of nitrogens with one attached hydrogen (secondary N) is 2. The molecule has 1 aliphatic heterocycles. The number of hydrogen-bond acceptors (Lipinski definition) is 7. The Morgan fingerprint density at radius 2 is 2.02 bits per heavy atom. The van der Waals surface area contributed by atoms with Crippen LogP contribution in [0.15, 0.2) is 65.9 Å². The second kappa shape index (κ2) is 14.8. The Kier molecular flexibility index (Phi) is 11.1. The largest absolute Gasteiger partial charge is 0.392 e. The van der Waals surface area contributed by atoms with Crippen LogP contribution in [0, 0.1) is 12.3 Å². The number of halogens is 1. The number of aliphatic hydroxyl groups is 1. The van der Waals surface area contributed by atoms with E-state index in [0.717, 1.165) is 19.1 Å². The number of carbonyl (C=O) groups excluding carboxylic acids is 2. The number of fused-ring (bicyclic) bond motifs is 1. The van der Waals surface area contributed by atoms with Crippen LogP contribution in [-0.4, -0.2) is 59.6 Å². The van der Waals surface area contributed by atoms with Crippen molar-refractivity contribution in [3.8, 4) is 12.3 Å². The molecule has 0 spiro atoms. The van der Waals surface area contributed by atoms with E-state index in [9.17, 15) is 23.1 Å². The lowest BCUT2D eigenvalue weighted by atomic mass is 9.78. The number of nitrogens with zero attached hydrogens (tertiary/aromatic N) is 2. The van der Waals surface area contributed by atoms with Crippen molar-refractivity contribution in [2.45, 2.75) is 69.4 Å². The summed E-state index contributed by atoms with van der Waals surface area (Å²) in [7, 11) is -3.56. The van der Waals surface area contributed by atoms with E-state index < -0.39 is 40.0 Å². The van der Waals surface area contributed by atoms with Gasteiger partial charge < -0.3 is 10.0 Å². The molecule has 43 heavy (non-hydrogen) atoms. The van der Waals surface area contributed by atoms with Crippen LogP contribution in [0.25, 0.3) is 0 Å². The minimum atomic E-state index is -3.56. The number of sulfonamides is 1. The number of amides is 2. The Morgan fingerprint density at radius 3 is 2.72 bits per heavy atom. The first kappa shape index (κ1) is 32.4. The van der Waals surface area contributed by atoms with E-state index in [0.29, 0.717) is 40.3 Å². The van der Waals surface area contributed by atoms with Crippen LogP contribution in [0.3, 0.4) is 0 Å². The summed E-state index contributed by atoms with van der Waals surface area (Å²) in [4.78, 5) is 39.4. The van der Waals surface area contributed by atoms with Gasteiger partial charge in [-0.05, 0) is 48.6 Å². The second-order valence-corrected chi connectivity index (χ2v) is 12.8. The molecule has 1 fully saturated rings. The molecular weight excluding hydrogens is 592 g/mol. The van der Waals surface area contributed by atoms with Crippen LogP contribution in [0.2, 0.25) is 0 Å². The maximum atomic E-state index is 14.1. The maximum absolute atomic E-state index is 14.1. The van der Waals surface area contributed by atoms with E-state index in [2.05, 4.69) is 21.1 Å². The van der Waals surface area contributed by atoms with Crippen LogP contribution < -0.4 is 10.2 Å². The van der Waals surface area contributed by atoms with Gasteiger partial charge in [-0.15, -0.1) is 6.42 Å². The first-order valence-corrected chi connectivity index (χ1v) is 16.2. The Balaban J connectivity index is 1.69. The molecule has 0 saturated heterocycles. The van der Waals surface area contributed by atoms with E-state index in [1.807, 2.05) is 0 Å². The molecule has 2 aromatic rings. The molecule has 1 aromatic heterocycles. The number of carbonyl (C=O) groups is 2. The Hall–Kier alpha value is -3.53. The standard InChI is InChI=1S/C31H35ClN4O6S/c1-3-9-22(32)10-8-15-28-29(30(38)34-42-20-23-17-16-21(19-37)18-33-23)24-11-4-5-12-25(24)31(39)36(28)27-14-7-6-13-26(27)35-43(2,40)41/h1,4-5,8-12,16-18,26-29,35,37H,6-7,13-15,19-20H2,2H3,(H,34,38)/b10-8-,22-9+/t26-,27-,28-,29+/m0/s1. The van der Waals surface area contributed by atoms with Gasteiger partial charge in [-0.25, -0.2) is 18.6 Å². The molecule has 2 heterocycles. The molecule has 4 rings (SSSR count). The summed E-state index contributed by atoms with van der Waals surface area (Å²) in [5, 5.41) is 9.55. The zero-order valence-electron chi connectivity index (χ0n) is 23.8. The molecule has 0 unspecified atom stereocenters. The number of pyridine rings is 1. The molecule has 1 saturated carbocycles. The lowest BCUT2D eigenvalue weighted by Gasteiger charge is -2.48. The summed E-state index contributed by atoms with van der Waals surface area (Å²) in [6.07, 6.45) is 15.7. The van der Waals surface area contributed by atoms with Crippen LogP contribution in [0.1, 0.15) is 65.2 Å². The Morgan fingerprint density at radius 1 is 1.26 bits per heavy atom. The highest BCUT2D eigenvalue weighted by atomic mass is 35.5. The fraction of sp³-hybridized carbons (Fsp3) is 0.387. The van der Waals surface area contributed by atoms with Crippen molar-refractivity contribution in [3.05, 3.63) is 88.2 Å². The average Bonchev–Trinajstić information content (AvgIpc) is 2.98. The topological polar surface area (TPSA) is 138 Å². The van der Waals surface area contributed by atoms with Crippen molar-refractivity contribution in [2.24, 2.45) is 0 Å². The average molecular weight is 627 g/mol. The molecule has 0 radical (unpaired) electrons. The molecule has 10 nitrogen and oxygen atoms in total. The van der Waals surface area contributed by atoms with Gasteiger partial charge in [-0.2, -0.15) is 0 Å². The minimum Gasteiger partial charge on any atom is -0.392 e. The van der Waals surface area contributed by atoms with Crippen LogP contribution in [0.4, 0.5) is 0 Å². The van der Waals surface area contributed by atoms with Crippen LogP contribution in [-0.2, 0) is 32.9 Å². The van der Waals surface area contributed by atoms with Gasteiger partial charge in [0.15, 0.2) is 0 Å². The number of terminal acetylenes is 1. The lowest BCUT2D eigenvalue weighted by molar-refractivity contribution is -0.138. The van der Waals surface area contributed by atoms with Crippen LogP contribution in [0.5, 0.6) is 0 Å². The number of hydrogen-bond donors (Lipinski definition) is 3. The number of allylic oxidation sites excluding steroid dienone is 3. The first-order chi connectivity index (χ1) is 20.6. The molecule has 0 bridgehead atoms. The predicted octanol–water partition coefficient (Wildman–Crippen LogP) is 3.29. The van der Waals surface area contributed by atoms with E-state index in [1.165, 1.54) is 12.3 Å². The number of aromatic nitrogens is 1. The summed E-state index contributed by atoms with van der Waals surface area (Å²) in [6, 6.07) is 8.65. The first-order valence-electron chi connectivity index (χ1n) is 14.0. The predicted molar refractivity (Wildman–Crippen MR) is 163 cm³/mol. The fourth-order valence-electron chi connectivity index (χ4n) is 5.77. The third-order valence-corrected chi connectivity index (χ3v) is 8.54. The fourth-order valence-corrected chi connectivity index (χ4v) is 6.74. The van der Waals surface area contributed by atoms with Gasteiger partial charge in [0.05, 0.1) is 30.5 Å². The molecule has 1 aliphatic carbocycles. The molecular formula is C31H35ClN4O6S. The van der Waals surface area contributed by atoms with Gasteiger partial charge in [-0.1, -0.05) is 60.7 Å². The van der Waals surface area contributed by atoms with E-state index >= 15 is 0 Å². The van der Waals surface area contributed by atoms with E-state index in [-0.39, 0.29) is 25.5 Å². The third-order valence-electron chi connectivity index (χ3n) is 7.57. The monoisotopic (exact) mass is 626 g/mol. The van der Waals surface area contributed by atoms with Gasteiger partial charge in [0.25, 0.3) is 11.8 Å². The van der Waals surface area contributed by atoms with E-state index in [1.54, 1.807) is 53.5 Å². The molecule has 12 heteroatoms.